The molecule has 1 heterocycles. The lowest BCUT2D eigenvalue weighted by Gasteiger charge is -1.84. The quantitative estimate of drug-likeness (QED) is 0.348. The predicted molar refractivity (Wildman–Crippen MR) is 59.0 cm³/mol. The second-order valence-electron chi connectivity index (χ2n) is 2.47. The van der Waals surface area contributed by atoms with Crippen LogP contribution in [0.5, 0.6) is 0 Å². The molecule has 1 aromatic rings. The maximum Gasteiger partial charge on any atom is 0.423 e. The topological polar surface area (TPSA) is 56.0 Å². The van der Waals surface area contributed by atoms with Crippen molar-refractivity contribution in [2.75, 3.05) is 5.88 Å². The molecule has 0 N–H and O–H groups in total. The molecule has 1 aromatic heterocycles. The van der Waals surface area contributed by atoms with Crippen LogP contribution >= 0.6 is 22.9 Å². The molecule has 0 aromatic carbocycles. The van der Waals surface area contributed by atoms with Crippen molar-refractivity contribution in [3.8, 4) is 0 Å². The maximum atomic E-state index is 9.82. The first-order valence-electron chi connectivity index (χ1n) is 4.32. The van der Waals surface area contributed by atoms with Gasteiger partial charge >= 0.3 is 5.13 Å². The number of nitro groups is 1. The molecule has 0 unspecified atom stereocenters. The summed E-state index contributed by atoms with van der Waals surface area (Å²) in [7, 11) is 0. The highest BCUT2D eigenvalue weighted by Gasteiger charge is 2.04. The summed E-state index contributed by atoms with van der Waals surface area (Å²) in [4.78, 5) is 12.7. The molecule has 0 aliphatic carbocycles. The van der Waals surface area contributed by atoms with Crippen LogP contribution in [0.15, 0.2) is 11.6 Å². The lowest BCUT2D eigenvalue weighted by Crippen LogP contribution is -1.83. The van der Waals surface area contributed by atoms with Crippen LogP contribution in [0, 0.1) is 10.1 Å². The Labute approximate surface area is 92.1 Å². The summed E-state index contributed by atoms with van der Waals surface area (Å²) in [6.07, 6.45) is 5.14. The second-order valence-corrected chi connectivity index (χ2v) is 3.72. The van der Waals surface area contributed by atoms with E-state index >= 15 is 0 Å². The predicted octanol–water partition coefficient (Wildman–Crippen LogP) is 3.47. The third-order valence-corrected chi connectivity index (χ3v) is 2.30. The van der Waals surface area contributed by atoms with Gasteiger partial charge in [-0.15, -0.1) is 11.6 Å². The smallest absolute Gasteiger partial charge is 0.357 e. The van der Waals surface area contributed by atoms with Crippen LogP contribution in [0.3, 0.4) is 0 Å². The van der Waals surface area contributed by atoms with Crippen LogP contribution in [0.2, 0.25) is 0 Å². The highest BCUT2D eigenvalue weighted by molar-refractivity contribution is 7.12. The summed E-state index contributed by atoms with van der Waals surface area (Å²) in [5.41, 5.74) is 0. The van der Waals surface area contributed by atoms with Gasteiger partial charge in [-0.2, -0.15) is 0 Å². The molecule has 6 heteroatoms. The number of rotatable bonds is 4. The van der Waals surface area contributed by atoms with Crippen molar-refractivity contribution in [3.63, 3.8) is 0 Å². The minimum Gasteiger partial charge on any atom is -0.357 e. The van der Waals surface area contributed by atoms with Crippen molar-refractivity contribution in [1.82, 2.24) is 4.98 Å². The van der Waals surface area contributed by atoms with Crippen molar-refractivity contribution in [1.29, 1.82) is 0 Å². The molecule has 80 valence electrons. The maximum absolute atomic E-state index is 9.82. The molecule has 0 saturated heterocycles. The first-order valence-corrected chi connectivity index (χ1v) is 5.73. The molecule has 0 aliphatic heterocycles. The molecule has 0 amide bonds. The molecule has 0 bridgehead atoms. The summed E-state index contributed by atoms with van der Waals surface area (Å²) in [6.45, 7) is 2.17. The average Bonchev–Trinajstić information content (AvgIpc) is 2.68. The number of thiazole rings is 1. The molecule has 0 radical (unpaired) electrons. The zero-order valence-electron chi connectivity index (χ0n) is 7.98. The van der Waals surface area contributed by atoms with Crippen molar-refractivity contribution in [2.24, 2.45) is 0 Å². The van der Waals surface area contributed by atoms with Crippen LogP contribution in [0.4, 0.5) is 5.13 Å². The number of aromatic nitrogens is 1. The molecular formula is C8H13ClN2O2S. The minimum absolute atomic E-state index is 0.0509. The lowest BCUT2D eigenvalue weighted by molar-refractivity contribution is -0.384. The zero-order valence-corrected chi connectivity index (χ0v) is 9.55. The van der Waals surface area contributed by atoms with Gasteiger partial charge in [0.05, 0.1) is 0 Å². The summed E-state index contributed by atoms with van der Waals surface area (Å²) in [5, 5.41) is 11.3. The summed E-state index contributed by atoms with van der Waals surface area (Å²) in [5.74, 6) is 0.827. The van der Waals surface area contributed by atoms with Crippen LogP contribution in [0.25, 0.3) is 0 Å². The fourth-order valence-electron chi connectivity index (χ4n) is 0.651. The van der Waals surface area contributed by atoms with Gasteiger partial charge in [0.1, 0.15) is 0 Å². The first-order chi connectivity index (χ1) is 6.72. The second kappa shape index (κ2) is 8.90. The van der Waals surface area contributed by atoms with Crippen LogP contribution in [-0.4, -0.2) is 15.8 Å². The summed E-state index contributed by atoms with van der Waals surface area (Å²) >= 11 is 6.40. The van der Waals surface area contributed by atoms with E-state index in [1.54, 1.807) is 5.38 Å². The number of alkyl halides is 1. The summed E-state index contributed by atoms with van der Waals surface area (Å²) < 4.78 is 0. The normalized spacial score (nSPS) is 9.00. The van der Waals surface area contributed by atoms with Crippen molar-refractivity contribution < 1.29 is 4.92 Å². The first kappa shape index (κ1) is 13.3. The highest BCUT2D eigenvalue weighted by Crippen LogP contribution is 2.12. The van der Waals surface area contributed by atoms with Gasteiger partial charge in [-0.1, -0.05) is 19.8 Å². The van der Waals surface area contributed by atoms with Gasteiger partial charge in [-0.25, -0.2) is 0 Å². The van der Waals surface area contributed by atoms with E-state index < -0.39 is 4.92 Å². The molecule has 1 rings (SSSR count). The number of unbranched alkanes of at least 4 members (excludes halogenated alkanes) is 2. The Kier molecular flexibility index (Phi) is 8.47. The van der Waals surface area contributed by atoms with E-state index in [2.05, 4.69) is 11.9 Å². The average molecular weight is 237 g/mol. The SMILES string of the molecule is CCCCCCl.O=[N+]([O-])c1nccs1. The van der Waals surface area contributed by atoms with E-state index in [4.69, 9.17) is 11.6 Å². The van der Waals surface area contributed by atoms with Gasteiger partial charge in [-0.05, 0) is 27.7 Å². The Morgan fingerprint density at radius 1 is 1.64 bits per heavy atom. The standard InChI is InChI=1S/C5H11Cl.C3H2N2O2S/c1-2-3-4-5-6;6-5(7)3-4-1-2-8-3/h2-5H2,1H3;1-2H. The number of hydrogen-bond acceptors (Lipinski definition) is 4. The molecule has 0 spiro atoms. The molecule has 4 nitrogen and oxygen atoms in total. The van der Waals surface area contributed by atoms with Crippen molar-refractivity contribution in [3.05, 3.63) is 21.7 Å². The molecule has 0 fully saturated rings. The zero-order chi connectivity index (χ0) is 10.8. The largest absolute Gasteiger partial charge is 0.423 e. The van der Waals surface area contributed by atoms with E-state index in [1.165, 1.54) is 25.5 Å². The fraction of sp³-hybridized carbons (Fsp3) is 0.625. The van der Waals surface area contributed by atoms with E-state index in [1.807, 2.05) is 0 Å². The van der Waals surface area contributed by atoms with Gasteiger partial charge < -0.3 is 10.1 Å². The molecule has 14 heavy (non-hydrogen) atoms. The molecular weight excluding hydrogens is 224 g/mol. The number of hydrogen-bond donors (Lipinski definition) is 0. The molecule has 0 saturated carbocycles. The van der Waals surface area contributed by atoms with Crippen LogP contribution in [-0.2, 0) is 0 Å². The van der Waals surface area contributed by atoms with E-state index in [0.29, 0.717) is 0 Å². The molecule has 0 atom stereocenters. The Balaban J connectivity index is 0.000000255. The van der Waals surface area contributed by atoms with Gasteiger partial charge in [0, 0.05) is 11.3 Å². The summed E-state index contributed by atoms with van der Waals surface area (Å²) in [6, 6.07) is 0. The Morgan fingerprint density at radius 2 is 2.36 bits per heavy atom. The third kappa shape index (κ3) is 6.80. The van der Waals surface area contributed by atoms with Gasteiger partial charge in [0.15, 0.2) is 6.20 Å². The number of halogens is 1. The Bertz CT molecular complexity index is 237. The monoisotopic (exact) mass is 236 g/mol. The Morgan fingerprint density at radius 3 is 2.57 bits per heavy atom. The van der Waals surface area contributed by atoms with E-state index in [0.717, 1.165) is 17.2 Å². The lowest BCUT2D eigenvalue weighted by atomic mass is 10.3. The van der Waals surface area contributed by atoms with Gasteiger partial charge in [-0.3, -0.25) is 0 Å². The van der Waals surface area contributed by atoms with E-state index in [9.17, 15) is 10.1 Å². The minimum atomic E-state index is -0.509. The van der Waals surface area contributed by atoms with Crippen LogP contribution in [0.1, 0.15) is 26.2 Å². The van der Waals surface area contributed by atoms with Crippen LogP contribution < -0.4 is 0 Å². The fourth-order valence-corrected chi connectivity index (χ4v) is 1.29. The van der Waals surface area contributed by atoms with Crippen molar-refractivity contribution in [2.45, 2.75) is 26.2 Å². The Hall–Kier alpha value is -0.680. The third-order valence-electron chi connectivity index (χ3n) is 1.31. The van der Waals surface area contributed by atoms with Crippen molar-refractivity contribution >= 4 is 28.1 Å². The molecule has 0 aliphatic rings. The highest BCUT2D eigenvalue weighted by atomic mass is 35.5. The number of nitrogens with zero attached hydrogens (tertiary/aromatic N) is 2. The van der Waals surface area contributed by atoms with E-state index in [-0.39, 0.29) is 5.13 Å². The van der Waals surface area contributed by atoms with Gasteiger partial charge in [0.2, 0.25) is 0 Å². The van der Waals surface area contributed by atoms with Gasteiger partial charge in [0.25, 0.3) is 0 Å².